The molecular weight excluding hydrogens is 356 g/mol. The van der Waals surface area contributed by atoms with E-state index in [0.29, 0.717) is 37.2 Å². The van der Waals surface area contributed by atoms with Crippen LogP contribution in [0.2, 0.25) is 0 Å². The van der Waals surface area contributed by atoms with Crippen LogP contribution >= 0.6 is 0 Å². The molecule has 0 spiro atoms. The van der Waals surface area contributed by atoms with Gasteiger partial charge in [0, 0.05) is 19.0 Å². The van der Waals surface area contributed by atoms with Gasteiger partial charge in [0.15, 0.2) is 0 Å². The maximum Gasteiger partial charge on any atom is 0.223 e. The number of rotatable bonds is 7. The number of piperidine rings is 1. The number of ether oxygens (including phenoxy) is 1. The molecule has 1 amide bonds. The molecule has 1 heterocycles. The highest BCUT2D eigenvalue weighted by Gasteiger charge is 2.31. The van der Waals surface area contributed by atoms with E-state index in [9.17, 15) is 18.3 Å². The van der Waals surface area contributed by atoms with Crippen LogP contribution in [0, 0.1) is 5.92 Å². The minimum atomic E-state index is -3.20. The number of hydrogen-bond donors (Lipinski definition) is 2. The van der Waals surface area contributed by atoms with Crippen molar-refractivity contribution in [3.8, 4) is 5.75 Å². The average Bonchev–Trinajstić information content (AvgIpc) is 2.67. The van der Waals surface area contributed by atoms with Crippen LogP contribution in [0.25, 0.3) is 0 Å². The van der Waals surface area contributed by atoms with Gasteiger partial charge in [0.1, 0.15) is 5.75 Å². The Labute approximate surface area is 155 Å². The van der Waals surface area contributed by atoms with E-state index in [0.717, 1.165) is 0 Å². The van der Waals surface area contributed by atoms with Crippen molar-refractivity contribution in [1.82, 2.24) is 9.62 Å². The third-order valence-electron chi connectivity index (χ3n) is 4.88. The number of methoxy groups -OCH3 is 1. The largest absolute Gasteiger partial charge is 0.497 e. The second kappa shape index (κ2) is 8.83. The molecule has 1 aromatic carbocycles. The molecule has 0 aliphatic carbocycles. The first kappa shape index (κ1) is 20.7. The number of carbonyl (C=O) groups is 1. The summed E-state index contributed by atoms with van der Waals surface area (Å²) in [4.78, 5) is 12.5. The van der Waals surface area contributed by atoms with Crippen molar-refractivity contribution in [1.29, 1.82) is 0 Å². The summed E-state index contributed by atoms with van der Waals surface area (Å²) in [6.45, 7) is 4.10. The van der Waals surface area contributed by atoms with Crippen LogP contribution in [-0.4, -0.2) is 55.7 Å². The number of aliphatic hydroxyl groups is 1. The molecule has 1 aliphatic heterocycles. The van der Waals surface area contributed by atoms with Crippen molar-refractivity contribution in [3.05, 3.63) is 29.8 Å². The molecule has 0 saturated carbocycles. The molecule has 146 valence electrons. The zero-order valence-corrected chi connectivity index (χ0v) is 16.3. The fourth-order valence-corrected chi connectivity index (χ4v) is 4.22. The van der Waals surface area contributed by atoms with Crippen molar-refractivity contribution < 1.29 is 23.1 Å². The van der Waals surface area contributed by atoms with Gasteiger partial charge < -0.3 is 15.2 Å². The highest BCUT2D eigenvalue weighted by Crippen LogP contribution is 2.23. The molecule has 0 unspecified atom stereocenters. The smallest absolute Gasteiger partial charge is 0.223 e. The Morgan fingerprint density at radius 2 is 1.88 bits per heavy atom. The fraction of sp³-hybridized carbons (Fsp3) is 0.611. The summed E-state index contributed by atoms with van der Waals surface area (Å²) in [6.07, 6.45) is 0.165. The first-order valence-electron chi connectivity index (χ1n) is 8.88. The molecule has 1 aliphatic rings. The molecule has 1 saturated heterocycles. The highest BCUT2D eigenvalue weighted by molar-refractivity contribution is 7.89. The van der Waals surface area contributed by atoms with Crippen molar-refractivity contribution in [2.75, 3.05) is 26.0 Å². The third-order valence-corrected chi connectivity index (χ3v) is 6.77. The topological polar surface area (TPSA) is 95.9 Å². The highest BCUT2D eigenvalue weighted by atomic mass is 32.2. The van der Waals surface area contributed by atoms with E-state index < -0.39 is 22.2 Å². The van der Waals surface area contributed by atoms with E-state index in [1.807, 2.05) is 0 Å². The number of nitrogens with zero attached hydrogens (tertiary/aromatic N) is 1. The molecule has 1 fully saturated rings. The Kier molecular flexibility index (Phi) is 7.02. The Morgan fingerprint density at radius 3 is 2.38 bits per heavy atom. The normalized spacial score (nSPS) is 18.9. The molecule has 2 rings (SSSR count). The Balaban J connectivity index is 1.88. The summed E-state index contributed by atoms with van der Waals surface area (Å²) in [7, 11) is -1.62. The summed E-state index contributed by atoms with van der Waals surface area (Å²) in [5, 5.41) is 13.3. The Bertz CT molecular complexity index is 697. The van der Waals surface area contributed by atoms with Crippen molar-refractivity contribution >= 4 is 15.9 Å². The van der Waals surface area contributed by atoms with Gasteiger partial charge in [-0.2, -0.15) is 0 Å². The van der Waals surface area contributed by atoms with Crippen LogP contribution < -0.4 is 10.1 Å². The third kappa shape index (κ3) is 4.96. The molecule has 1 aromatic rings. The number of aliphatic hydroxyl groups excluding tert-OH is 1. The van der Waals surface area contributed by atoms with Gasteiger partial charge >= 0.3 is 0 Å². The van der Waals surface area contributed by atoms with Crippen molar-refractivity contribution in [2.45, 2.75) is 38.8 Å². The van der Waals surface area contributed by atoms with E-state index in [-0.39, 0.29) is 17.6 Å². The SMILES string of the molecule is CCS(=O)(=O)N1CCC(C(=O)N[C@@H](C)[C@@H](O)c2ccc(OC)cc2)CC1. The van der Waals surface area contributed by atoms with E-state index in [4.69, 9.17) is 4.74 Å². The fourth-order valence-electron chi connectivity index (χ4n) is 3.09. The number of benzene rings is 1. The van der Waals surface area contributed by atoms with Gasteiger partial charge in [0.2, 0.25) is 15.9 Å². The molecule has 0 aromatic heterocycles. The maximum absolute atomic E-state index is 12.5. The number of amides is 1. The van der Waals surface area contributed by atoms with Crippen LogP contribution in [-0.2, 0) is 14.8 Å². The predicted molar refractivity (Wildman–Crippen MR) is 99.3 cm³/mol. The lowest BCUT2D eigenvalue weighted by atomic mass is 9.96. The molecule has 0 bridgehead atoms. The number of carbonyl (C=O) groups excluding carboxylic acids is 1. The van der Waals surface area contributed by atoms with Crippen LogP contribution in [0.5, 0.6) is 5.75 Å². The van der Waals surface area contributed by atoms with Gasteiger partial charge in [-0.1, -0.05) is 12.1 Å². The van der Waals surface area contributed by atoms with Gasteiger partial charge in [0.25, 0.3) is 0 Å². The lowest BCUT2D eigenvalue weighted by Gasteiger charge is -2.31. The van der Waals surface area contributed by atoms with Gasteiger partial charge in [0.05, 0.1) is 25.0 Å². The summed E-state index contributed by atoms with van der Waals surface area (Å²) in [5.41, 5.74) is 0.697. The maximum atomic E-state index is 12.5. The summed E-state index contributed by atoms with van der Waals surface area (Å²) < 4.78 is 30.3. The zero-order chi connectivity index (χ0) is 19.3. The van der Waals surface area contributed by atoms with E-state index in [2.05, 4.69) is 5.32 Å². The second-order valence-electron chi connectivity index (χ2n) is 6.59. The molecule has 7 nitrogen and oxygen atoms in total. The standard InChI is InChI=1S/C18H28N2O5S/c1-4-26(23,24)20-11-9-15(10-12-20)18(22)19-13(2)17(21)14-5-7-16(25-3)8-6-14/h5-8,13,15,17,21H,4,9-12H2,1-3H3,(H,19,22)/t13-,17+/m0/s1. The second-order valence-corrected chi connectivity index (χ2v) is 8.85. The van der Waals surface area contributed by atoms with Crippen LogP contribution in [0.1, 0.15) is 38.4 Å². The van der Waals surface area contributed by atoms with Crippen molar-refractivity contribution in [2.24, 2.45) is 5.92 Å². The quantitative estimate of drug-likeness (QED) is 0.739. The number of sulfonamides is 1. The molecule has 26 heavy (non-hydrogen) atoms. The zero-order valence-electron chi connectivity index (χ0n) is 15.5. The molecular formula is C18H28N2O5S. The first-order valence-corrected chi connectivity index (χ1v) is 10.5. The van der Waals surface area contributed by atoms with Gasteiger partial charge in [-0.15, -0.1) is 0 Å². The predicted octanol–water partition coefficient (Wildman–Crippen LogP) is 1.30. The minimum absolute atomic E-state index is 0.0783. The summed E-state index contributed by atoms with van der Waals surface area (Å²) >= 11 is 0. The molecule has 2 atom stereocenters. The van der Waals surface area contributed by atoms with Crippen LogP contribution in [0.15, 0.2) is 24.3 Å². The van der Waals surface area contributed by atoms with E-state index in [1.54, 1.807) is 45.2 Å². The average molecular weight is 384 g/mol. The Hall–Kier alpha value is -1.64. The number of hydrogen-bond acceptors (Lipinski definition) is 5. The summed E-state index contributed by atoms with van der Waals surface area (Å²) in [5.74, 6) is 0.406. The molecule has 0 radical (unpaired) electrons. The lowest BCUT2D eigenvalue weighted by molar-refractivity contribution is -0.127. The van der Waals surface area contributed by atoms with Crippen molar-refractivity contribution in [3.63, 3.8) is 0 Å². The van der Waals surface area contributed by atoms with Gasteiger partial charge in [-0.25, -0.2) is 12.7 Å². The van der Waals surface area contributed by atoms with Crippen LogP contribution in [0.3, 0.4) is 0 Å². The first-order chi connectivity index (χ1) is 12.3. The monoisotopic (exact) mass is 384 g/mol. The summed E-state index contributed by atoms with van der Waals surface area (Å²) in [6, 6.07) is 6.60. The molecule has 2 N–H and O–H groups in total. The lowest BCUT2D eigenvalue weighted by Crippen LogP contribution is -2.46. The minimum Gasteiger partial charge on any atom is -0.497 e. The van der Waals surface area contributed by atoms with Gasteiger partial charge in [-0.05, 0) is 44.4 Å². The molecule has 8 heteroatoms. The van der Waals surface area contributed by atoms with E-state index >= 15 is 0 Å². The van der Waals surface area contributed by atoms with Crippen LogP contribution in [0.4, 0.5) is 0 Å². The number of nitrogens with one attached hydrogen (secondary N) is 1. The van der Waals surface area contributed by atoms with E-state index in [1.165, 1.54) is 4.31 Å². The Morgan fingerprint density at radius 1 is 1.31 bits per heavy atom. The van der Waals surface area contributed by atoms with Gasteiger partial charge in [-0.3, -0.25) is 4.79 Å².